The highest BCUT2D eigenvalue weighted by Crippen LogP contribution is 2.26. The van der Waals surface area contributed by atoms with Crippen LogP contribution in [-0.2, 0) is 6.54 Å². The van der Waals surface area contributed by atoms with Gasteiger partial charge in [-0.3, -0.25) is 9.97 Å². The van der Waals surface area contributed by atoms with Crippen molar-refractivity contribution in [2.45, 2.75) is 30.5 Å². The minimum absolute atomic E-state index is 0.408. The standard InChI is InChI=1S/C14H17N3S/c1-10(2)18-12-5-3-11(4-6-12)14-13(9-15)16-7-8-17-14/h3-8,10H,9,15H2,1-2H3. The van der Waals surface area contributed by atoms with E-state index in [2.05, 4.69) is 48.1 Å². The normalized spacial score (nSPS) is 10.9. The molecule has 18 heavy (non-hydrogen) atoms. The molecule has 0 spiro atoms. The molecule has 0 radical (unpaired) electrons. The van der Waals surface area contributed by atoms with E-state index in [1.54, 1.807) is 12.4 Å². The van der Waals surface area contributed by atoms with Gasteiger partial charge in [-0.2, -0.15) is 0 Å². The zero-order chi connectivity index (χ0) is 13.0. The van der Waals surface area contributed by atoms with Gasteiger partial charge in [0.2, 0.25) is 0 Å². The zero-order valence-corrected chi connectivity index (χ0v) is 11.4. The molecule has 0 atom stereocenters. The first kappa shape index (κ1) is 13.1. The molecular weight excluding hydrogens is 242 g/mol. The van der Waals surface area contributed by atoms with Gasteiger partial charge in [0.05, 0.1) is 11.4 Å². The first-order valence-corrected chi connectivity index (χ1v) is 6.85. The Morgan fingerprint density at radius 2 is 1.78 bits per heavy atom. The maximum Gasteiger partial charge on any atom is 0.0930 e. The molecule has 0 saturated heterocycles. The number of nitrogens with zero attached hydrogens (tertiary/aromatic N) is 2. The topological polar surface area (TPSA) is 51.8 Å². The van der Waals surface area contributed by atoms with E-state index in [4.69, 9.17) is 5.73 Å². The monoisotopic (exact) mass is 259 g/mol. The molecule has 2 rings (SSSR count). The van der Waals surface area contributed by atoms with Crippen molar-refractivity contribution in [3.8, 4) is 11.3 Å². The van der Waals surface area contributed by atoms with Gasteiger partial charge in [-0.25, -0.2) is 0 Å². The van der Waals surface area contributed by atoms with E-state index in [1.807, 2.05) is 11.8 Å². The van der Waals surface area contributed by atoms with E-state index in [0.29, 0.717) is 11.8 Å². The average molecular weight is 259 g/mol. The van der Waals surface area contributed by atoms with Crippen molar-refractivity contribution in [2.24, 2.45) is 5.73 Å². The van der Waals surface area contributed by atoms with Crippen molar-refractivity contribution < 1.29 is 0 Å². The Morgan fingerprint density at radius 3 is 2.39 bits per heavy atom. The molecule has 0 fully saturated rings. The third kappa shape index (κ3) is 3.09. The molecule has 0 amide bonds. The van der Waals surface area contributed by atoms with Crippen LogP contribution in [0.15, 0.2) is 41.6 Å². The Hall–Kier alpha value is -1.39. The van der Waals surface area contributed by atoms with E-state index in [0.717, 1.165) is 17.0 Å². The summed E-state index contributed by atoms with van der Waals surface area (Å²) in [6.45, 7) is 4.78. The fourth-order valence-corrected chi connectivity index (χ4v) is 2.56. The van der Waals surface area contributed by atoms with Gasteiger partial charge in [-0.1, -0.05) is 26.0 Å². The molecular formula is C14H17N3S. The van der Waals surface area contributed by atoms with E-state index < -0.39 is 0 Å². The predicted octanol–water partition coefficient (Wildman–Crippen LogP) is 3.10. The third-order valence-electron chi connectivity index (χ3n) is 2.47. The molecule has 2 N–H and O–H groups in total. The molecule has 1 aromatic heterocycles. The maximum atomic E-state index is 5.68. The minimum Gasteiger partial charge on any atom is -0.325 e. The molecule has 3 nitrogen and oxygen atoms in total. The summed E-state index contributed by atoms with van der Waals surface area (Å²) in [4.78, 5) is 9.88. The van der Waals surface area contributed by atoms with Crippen LogP contribution in [0.25, 0.3) is 11.3 Å². The fourth-order valence-electron chi connectivity index (χ4n) is 1.72. The third-order valence-corrected chi connectivity index (χ3v) is 3.48. The molecule has 0 aliphatic carbocycles. The smallest absolute Gasteiger partial charge is 0.0930 e. The highest BCUT2D eigenvalue weighted by molar-refractivity contribution is 7.99. The SMILES string of the molecule is CC(C)Sc1ccc(-c2nccnc2CN)cc1. The Morgan fingerprint density at radius 1 is 1.11 bits per heavy atom. The lowest BCUT2D eigenvalue weighted by Crippen LogP contribution is -2.03. The number of hydrogen-bond acceptors (Lipinski definition) is 4. The van der Waals surface area contributed by atoms with Crippen LogP contribution in [0, 0.1) is 0 Å². The van der Waals surface area contributed by atoms with Crippen LogP contribution < -0.4 is 5.73 Å². The van der Waals surface area contributed by atoms with Gasteiger partial charge in [-0.05, 0) is 12.1 Å². The average Bonchev–Trinajstić information content (AvgIpc) is 2.39. The molecule has 1 heterocycles. The quantitative estimate of drug-likeness (QED) is 0.857. The second-order valence-corrected chi connectivity index (χ2v) is 5.90. The highest BCUT2D eigenvalue weighted by atomic mass is 32.2. The van der Waals surface area contributed by atoms with Crippen LogP contribution in [0.4, 0.5) is 0 Å². The summed E-state index contributed by atoms with van der Waals surface area (Å²) in [6, 6.07) is 8.39. The van der Waals surface area contributed by atoms with Crippen LogP contribution in [0.5, 0.6) is 0 Å². The number of nitrogens with two attached hydrogens (primary N) is 1. The Balaban J connectivity index is 2.28. The van der Waals surface area contributed by atoms with Crippen molar-refractivity contribution in [2.75, 3.05) is 0 Å². The van der Waals surface area contributed by atoms with Crippen molar-refractivity contribution in [1.29, 1.82) is 0 Å². The van der Waals surface area contributed by atoms with E-state index in [1.165, 1.54) is 4.90 Å². The van der Waals surface area contributed by atoms with Gasteiger partial charge in [-0.15, -0.1) is 11.8 Å². The summed E-state index contributed by atoms with van der Waals surface area (Å²) in [6.07, 6.45) is 3.37. The van der Waals surface area contributed by atoms with Crippen LogP contribution in [0.3, 0.4) is 0 Å². The van der Waals surface area contributed by atoms with E-state index in [-0.39, 0.29) is 0 Å². The van der Waals surface area contributed by atoms with Crippen molar-refractivity contribution in [1.82, 2.24) is 9.97 Å². The highest BCUT2D eigenvalue weighted by Gasteiger charge is 2.06. The second kappa shape index (κ2) is 5.98. The van der Waals surface area contributed by atoms with Gasteiger partial charge >= 0.3 is 0 Å². The van der Waals surface area contributed by atoms with Crippen LogP contribution >= 0.6 is 11.8 Å². The summed E-state index contributed by atoms with van der Waals surface area (Å²) in [7, 11) is 0. The molecule has 94 valence electrons. The van der Waals surface area contributed by atoms with Crippen LogP contribution in [0.2, 0.25) is 0 Å². The van der Waals surface area contributed by atoms with Gasteiger partial charge in [0.25, 0.3) is 0 Å². The molecule has 1 aromatic carbocycles. The molecule has 4 heteroatoms. The molecule has 0 unspecified atom stereocenters. The molecule has 2 aromatic rings. The lowest BCUT2D eigenvalue weighted by Gasteiger charge is -2.08. The largest absolute Gasteiger partial charge is 0.325 e. The first-order valence-electron chi connectivity index (χ1n) is 5.97. The number of rotatable bonds is 4. The number of thioether (sulfide) groups is 1. The number of benzene rings is 1. The molecule has 0 bridgehead atoms. The van der Waals surface area contributed by atoms with Gasteiger partial charge in [0, 0.05) is 34.6 Å². The lowest BCUT2D eigenvalue weighted by molar-refractivity contribution is 0.969. The summed E-state index contributed by atoms with van der Waals surface area (Å²) in [5, 5.41) is 0.590. The lowest BCUT2D eigenvalue weighted by atomic mass is 10.1. The van der Waals surface area contributed by atoms with E-state index >= 15 is 0 Å². The van der Waals surface area contributed by atoms with E-state index in [9.17, 15) is 0 Å². The van der Waals surface area contributed by atoms with Gasteiger partial charge in [0.15, 0.2) is 0 Å². The van der Waals surface area contributed by atoms with Crippen molar-refractivity contribution in [3.63, 3.8) is 0 Å². The zero-order valence-electron chi connectivity index (χ0n) is 10.6. The van der Waals surface area contributed by atoms with Gasteiger partial charge in [0.1, 0.15) is 0 Å². The number of aromatic nitrogens is 2. The van der Waals surface area contributed by atoms with Crippen molar-refractivity contribution in [3.05, 3.63) is 42.4 Å². The summed E-state index contributed by atoms with van der Waals surface area (Å²) in [5.41, 5.74) is 8.45. The Kier molecular flexibility index (Phi) is 4.33. The van der Waals surface area contributed by atoms with Crippen LogP contribution in [-0.4, -0.2) is 15.2 Å². The summed E-state index contributed by atoms with van der Waals surface area (Å²) < 4.78 is 0. The second-order valence-electron chi connectivity index (χ2n) is 4.25. The Labute approximate surface area is 112 Å². The molecule has 0 saturated carbocycles. The van der Waals surface area contributed by atoms with Crippen LogP contribution in [0.1, 0.15) is 19.5 Å². The first-order chi connectivity index (χ1) is 8.70. The van der Waals surface area contributed by atoms with Gasteiger partial charge < -0.3 is 5.73 Å². The minimum atomic E-state index is 0.408. The predicted molar refractivity (Wildman–Crippen MR) is 76.4 cm³/mol. The number of hydrogen-bond donors (Lipinski definition) is 1. The summed E-state index contributed by atoms with van der Waals surface area (Å²) >= 11 is 1.85. The van der Waals surface area contributed by atoms with Crippen molar-refractivity contribution >= 4 is 11.8 Å². The summed E-state index contributed by atoms with van der Waals surface area (Å²) in [5.74, 6) is 0. The molecule has 0 aliphatic rings. The maximum absolute atomic E-state index is 5.68. The molecule has 0 aliphatic heterocycles. The fraction of sp³-hybridized carbons (Fsp3) is 0.286. The Bertz CT molecular complexity index is 509.